The van der Waals surface area contributed by atoms with Crippen LogP contribution in [0.2, 0.25) is 0 Å². The lowest BCUT2D eigenvalue weighted by atomic mass is 10.0. The summed E-state index contributed by atoms with van der Waals surface area (Å²) in [4.78, 5) is 0. The molecule has 0 unspecified atom stereocenters. The van der Waals surface area contributed by atoms with Crippen LogP contribution in [0.4, 0.5) is 0 Å². The van der Waals surface area contributed by atoms with E-state index in [-0.39, 0.29) is 16.9 Å². The molecular formula is C13H21NO3S. The smallest absolute Gasteiger partial charge is 0.214 e. The van der Waals surface area contributed by atoms with E-state index in [0.717, 1.165) is 5.56 Å². The molecule has 18 heavy (non-hydrogen) atoms. The number of hydrogen-bond acceptors (Lipinski definition) is 3. The minimum atomic E-state index is -3.26. The van der Waals surface area contributed by atoms with E-state index in [0.29, 0.717) is 6.54 Å². The molecule has 0 spiro atoms. The van der Waals surface area contributed by atoms with Crippen LogP contribution < -0.4 is 0 Å². The highest BCUT2D eigenvalue weighted by molar-refractivity contribution is 7.89. The Bertz CT molecular complexity index is 486. The van der Waals surface area contributed by atoms with Gasteiger partial charge in [0.2, 0.25) is 10.0 Å². The van der Waals surface area contributed by atoms with E-state index in [2.05, 4.69) is 0 Å². The summed E-state index contributed by atoms with van der Waals surface area (Å²) in [5.74, 6) is 0.299. The zero-order valence-corrected chi connectivity index (χ0v) is 12.2. The molecule has 4 nitrogen and oxygen atoms in total. The van der Waals surface area contributed by atoms with Crippen molar-refractivity contribution in [1.82, 2.24) is 4.31 Å². The van der Waals surface area contributed by atoms with Gasteiger partial charge in [0.25, 0.3) is 0 Å². The van der Waals surface area contributed by atoms with Crippen molar-refractivity contribution < 1.29 is 13.5 Å². The molecule has 5 heteroatoms. The van der Waals surface area contributed by atoms with Gasteiger partial charge in [-0.2, -0.15) is 0 Å². The molecule has 0 amide bonds. The standard InChI is InChI=1S/C13H21NO3S/c1-13(2,3)10-18(16,17)14(4)9-11-5-7-12(15)8-6-11/h5-8,15H,9-10H2,1-4H3. The van der Waals surface area contributed by atoms with Gasteiger partial charge in [-0.3, -0.25) is 0 Å². The van der Waals surface area contributed by atoms with Crippen molar-refractivity contribution in [3.05, 3.63) is 29.8 Å². The second-order valence-corrected chi connectivity index (χ2v) is 7.82. The molecule has 1 rings (SSSR count). The maximum absolute atomic E-state index is 12.1. The van der Waals surface area contributed by atoms with Gasteiger partial charge in [-0.05, 0) is 23.1 Å². The van der Waals surface area contributed by atoms with Gasteiger partial charge < -0.3 is 5.11 Å². The van der Waals surface area contributed by atoms with Crippen LogP contribution in [0.25, 0.3) is 0 Å². The fraction of sp³-hybridized carbons (Fsp3) is 0.538. The van der Waals surface area contributed by atoms with Crippen molar-refractivity contribution in [3.63, 3.8) is 0 Å². The molecule has 0 aliphatic rings. The largest absolute Gasteiger partial charge is 0.508 e. The van der Waals surface area contributed by atoms with E-state index in [1.54, 1.807) is 31.3 Å². The molecule has 0 aliphatic carbocycles. The Kier molecular flexibility index (Phi) is 4.40. The van der Waals surface area contributed by atoms with Crippen LogP contribution in [-0.4, -0.2) is 30.6 Å². The van der Waals surface area contributed by atoms with Crippen molar-refractivity contribution in [3.8, 4) is 5.75 Å². The summed E-state index contributed by atoms with van der Waals surface area (Å²) in [7, 11) is -1.68. The van der Waals surface area contributed by atoms with E-state index in [1.807, 2.05) is 20.8 Å². The van der Waals surface area contributed by atoms with Gasteiger partial charge >= 0.3 is 0 Å². The first-order valence-corrected chi connectivity index (χ1v) is 7.43. The van der Waals surface area contributed by atoms with Gasteiger partial charge in [0.05, 0.1) is 5.75 Å². The lowest BCUT2D eigenvalue weighted by Gasteiger charge is -2.23. The number of benzene rings is 1. The predicted molar refractivity (Wildman–Crippen MR) is 72.8 cm³/mol. The first-order chi connectivity index (χ1) is 8.10. The second-order valence-electron chi connectivity index (χ2n) is 5.74. The lowest BCUT2D eigenvalue weighted by molar-refractivity contribution is 0.419. The maximum Gasteiger partial charge on any atom is 0.214 e. The van der Waals surface area contributed by atoms with Gasteiger partial charge in [0.1, 0.15) is 5.75 Å². The fourth-order valence-electron chi connectivity index (χ4n) is 1.61. The van der Waals surface area contributed by atoms with Gasteiger partial charge in [0.15, 0.2) is 0 Å². The molecule has 102 valence electrons. The Labute approximate surface area is 109 Å². The Morgan fingerprint density at radius 1 is 1.17 bits per heavy atom. The normalized spacial score (nSPS) is 12.9. The quantitative estimate of drug-likeness (QED) is 0.913. The minimum absolute atomic E-state index is 0.120. The summed E-state index contributed by atoms with van der Waals surface area (Å²) >= 11 is 0. The summed E-state index contributed by atoms with van der Waals surface area (Å²) in [6, 6.07) is 6.55. The van der Waals surface area contributed by atoms with Gasteiger partial charge in [0, 0.05) is 13.6 Å². The summed E-state index contributed by atoms with van der Waals surface area (Å²) < 4.78 is 25.5. The molecule has 0 atom stereocenters. The Balaban J connectivity index is 2.76. The lowest BCUT2D eigenvalue weighted by Crippen LogP contribution is -2.33. The highest BCUT2D eigenvalue weighted by atomic mass is 32.2. The van der Waals surface area contributed by atoms with Gasteiger partial charge in [-0.25, -0.2) is 12.7 Å². The molecule has 1 aromatic carbocycles. The number of nitrogens with zero attached hydrogens (tertiary/aromatic N) is 1. The third kappa shape index (κ3) is 4.66. The average Bonchev–Trinajstić information content (AvgIpc) is 2.17. The Hall–Kier alpha value is -1.07. The zero-order valence-electron chi connectivity index (χ0n) is 11.3. The van der Waals surface area contributed by atoms with E-state index in [4.69, 9.17) is 0 Å². The van der Waals surface area contributed by atoms with Crippen LogP contribution in [0, 0.1) is 5.41 Å². The number of phenols is 1. The highest BCUT2D eigenvalue weighted by Crippen LogP contribution is 2.19. The molecule has 1 aromatic rings. The Morgan fingerprint density at radius 2 is 1.67 bits per heavy atom. The molecule has 0 aromatic heterocycles. The fourth-order valence-corrected chi connectivity index (χ4v) is 3.27. The number of phenolic OH excluding ortho intramolecular Hbond substituents is 1. The monoisotopic (exact) mass is 271 g/mol. The third-order valence-corrected chi connectivity index (χ3v) is 4.74. The number of sulfonamides is 1. The van der Waals surface area contributed by atoms with Crippen LogP contribution in [0.1, 0.15) is 26.3 Å². The third-order valence-electron chi connectivity index (χ3n) is 2.43. The summed E-state index contributed by atoms with van der Waals surface area (Å²) in [6.07, 6.45) is 0. The van der Waals surface area contributed by atoms with Crippen LogP contribution in [0.5, 0.6) is 5.75 Å². The van der Waals surface area contributed by atoms with Gasteiger partial charge in [-0.15, -0.1) is 0 Å². The Morgan fingerprint density at radius 3 is 2.11 bits per heavy atom. The van der Waals surface area contributed by atoms with Crippen LogP contribution >= 0.6 is 0 Å². The summed E-state index contributed by atoms with van der Waals surface area (Å²) in [6.45, 7) is 6.02. The maximum atomic E-state index is 12.1. The van der Waals surface area contributed by atoms with Gasteiger partial charge in [-0.1, -0.05) is 32.9 Å². The SMILES string of the molecule is CN(Cc1ccc(O)cc1)S(=O)(=O)CC(C)(C)C. The highest BCUT2D eigenvalue weighted by Gasteiger charge is 2.25. The van der Waals surface area contributed by atoms with Crippen molar-refractivity contribution in [1.29, 1.82) is 0 Å². The molecule has 0 saturated carbocycles. The number of aromatic hydroxyl groups is 1. The average molecular weight is 271 g/mol. The molecule has 0 heterocycles. The second kappa shape index (κ2) is 5.28. The molecular weight excluding hydrogens is 250 g/mol. The number of hydrogen-bond donors (Lipinski definition) is 1. The van der Waals surface area contributed by atoms with E-state index >= 15 is 0 Å². The molecule has 0 radical (unpaired) electrons. The molecule has 0 saturated heterocycles. The van der Waals surface area contributed by atoms with Crippen LogP contribution in [0.3, 0.4) is 0 Å². The van der Waals surface area contributed by atoms with Crippen molar-refractivity contribution >= 4 is 10.0 Å². The molecule has 0 bridgehead atoms. The topological polar surface area (TPSA) is 57.6 Å². The van der Waals surface area contributed by atoms with Crippen molar-refractivity contribution in [2.45, 2.75) is 27.3 Å². The summed E-state index contributed by atoms with van der Waals surface area (Å²) in [5, 5.41) is 9.17. The van der Waals surface area contributed by atoms with Crippen LogP contribution in [0.15, 0.2) is 24.3 Å². The molecule has 0 aliphatic heterocycles. The van der Waals surface area contributed by atoms with E-state index in [9.17, 15) is 13.5 Å². The van der Waals surface area contributed by atoms with E-state index < -0.39 is 10.0 Å². The van der Waals surface area contributed by atoms with E-state index in [1.165, 1.54) is 4.31 Å². The van der Waals surface area contributed by atoms with Crippen molar-refractivity contribution in [2.75, 3.05) is 12.8 Å². The predicted octanol–water partition coefficient (Wildman–Crippen LogP) is 2.20. The number of rotatable bonds is 4. The summed E-state index contributed by atoms with van der Waals surface area (Å²) in [5.41, 5.74) is 0.593. The first-order valence-electron chi connectivity index (χ1n) is 5.82. The molecule has 1 N–H and O–H groups in total. The molecule has 0 fully saturated rings. The van der Waals surface area contributed by atoms with Crippen molar-refractivity contribution in [2.24, 2.45) is 5.41 Å². The first kappa shape index (κ1) is 15.0. The minimum Gasteiger partial charge on any atom is -0.508 e. The van der Waals surface area contributed by atoms with Crippen LogP contribution in [-0.2, 0) is 16.6 Å². The zero-order chi connectivity index (χ0) is 14.0.